The third-order valence-corrected chi connectivity index (χ3v) is 5.29. The number of nitrogens with two attached hydrogens (primary N) is 1. The Morgan fingerprint density at radius 2 is 1.23 bits per heavy atom. The van der Waals surface area contributed by atoms with Crippen molar-refractivity contribution in [2.75, 3.05) is 6.61 Å². The Bertz CT molecular complexity index is 325. The van der Waals surface area contributed by atoms with Gasteiger partial charge in [-0.25, -0.2) is 4.79 Å². The third kappa shape index (κ3) is 15.4. The standard InChI is InChI=1S/C23H45NO2/c1-4-7-9-11-13-15-18-23(24,19-16-14-12-10-8-5-2)20-17-21-26-22(25)6-3/h6H,3-5,7-21,24H2,1-2H3. The molecule has 0 bridgehead atoms. The first-order valence-electron chi connectivity index (χ1n) is 11.2. The van der Waals surface area contributed by atoms with E-state index in [2.05, 4.69) is 20.4 Å². The zero-order valence-electron chi connectivity index (χ0n) is 17.7. The first-order chi connectivity index (χ1) is 12.6. The summed E-state index contributed by atoms with van der Waals surface area (Å²) in [7, 11) is 0. The molecule has 154 valence electrons. The van der Waals surface area contributed by atoms with Crippen LogP contribution in [-0.2, 0) is 9.53 Å². The molecule has 0 radical (unpaired) electrons. The number of hydrogen-bond acceptors (Lipinski definition) is 3. The largest absolute Gasteiger partial charge is 0.463 e. The van der Waals surface area contributed by atoms with Gasteiger partial charge in [-0.05, 0) is 25.7 Å². The van der Waals surface area contributed by atoms with Crippen LogP contribution in [0.4, 0.5) is 0 Å². The minimum atomic E-state index is -0.334. The number of hydrogen-bond donors (Lipinski definition) is 1. The molecule has 0 fully saturated rings. The molecule has 0 aromatic heterocycles. The Labute approximate surface area is 163 Å². The van der Waals surface area contributed by atoms with Crippen LogP contribution < -0.4 is 5.73 Å². The molecule has 0 saturated carbocycles. The fraction of sp³-hybridized carbons (Fsp3) is 0.870. The van der Waals surface area contributed by atoms with Crippen LogP contribution in [0.5, 0.6) is 0 Å². The number of carbonyl (C=O) groups is 1. The van der Waals surface area contributed by atoms with Gasteiger partial charge >= 0.3 is 5.97 Å². The van der Waals surface area contributed by atoms with Crippen LogP contribution in [0.15, 0.2) is 12.7 Å². The maximum absolute atomic E-state index is 11.2. The number of carbonyl (C=O) groups excluding carboxylic acids is 1. The maximum atomic E-state index is 11.2. The topological polar surface area (TPSA) is 52.3 Å². The van der Waals surface area contributed by atoms with E-state index in [1.165, 1.54) is 83.1 Å². The Morgan fingerprint density at radius 1 is 0.808 bits per heavy atom. The highest BCUT2D eigenvalue weighted by Crippen LogP contribution is 2.25. The van der Waals surface area contributed by atoms with Crippen molar-refractivity contribution in [3.05, 3.63) is 12.7 Å². The monoisotopic (exact) mass is 367 g/mol. The second-order valence-electron chi connectivity index (χ2n) is 7.87. The van der Waals surface area contributed by atoms with Gasteiger partial charge in [-0.2, -0.15) is 0 Å². The summed E-state index contributed by atoms with van der Waals surface area (Å²) in [6, 6.07) is 0. The quantitative estimate of drug-likeness (QED) is 0.157. The van der Waals surface area contributed by atoms with Crippen molar-refractivity contribution in [2.45, 2.75) is 122 Å². The summed E-state index contributed by atoms with van der Waals surface area (Å²) < 4.78 is 5.11. The lowest BCUT2D eigenvalue weighted by Gasteiger charge is -2.30. The highest BCUT2D eigenvalue weighted by Gasteiger charge is 2.23. The highest BCUT2D eigenvalue weighted by molar-refractivity contribution is 5.81. The zero-order valence-corrected chi connectivity index (χ0v) is 17.7. The number of unbranched alkanes of at least 4 members (excludes halogenated alkanes) is 10. The summed E-state index contributed by atoms with van der Waals surface area (Å²) in [6.07, 6.45) is 20.9. The van der Waals surface area contributed by atoms with Crippen molar-refractivity contribution in [1.82, 2.24) is 0 Å². The van der Waals surface area contributed by atoms with Gasteiger partial charge < -0.3 is 10.5 Å². The molecule has 0 amide bonds. The number of rotatable bonds is 19. The van der Waals surface area contributed by atoms with Gasteiger partial charge in [-0.15, -0.1) is 0 Å². The summed E-state index contributed by atoms with van der Waals surface area (Å²) >= 11 is 0. The molecule has 0 saturated heterocycles. The number of ether oxygens (including phenoxy) is 1. The van der Waals surface area contributed by atoms with Crippen molar-refractivity contribution in [3.63, 3.8) is 0 Å². The lowest BCUT2D eigenvalue weighted by atomic mass is 9.83. The van der Waals surface area contributed by atoms with Crippen molar-refractivity contribution in [1.29, 1.82) is 0 Å². The minimum absolute atomic E-state index is 0.0872. The van der Waals surface area contributed by atoms with E-state index in [1.54, 1.807) is 0 Å². The summed E-state index contributed by atoms with van der Waals surface area (Å²) in [4.78, 5) is 11.2. The van der Waals surface area contributed by atoms with Crippen LogP contribution in [0.3, 0.4) is 0 Å². The molecule has 26 heavy (non-hydrogen) atoms. The summed E-state index contributed by atoms with van der Waals surface area (Å²) in [5.41, 5.74) is 6.68. The molecule has 0 rings (SSSR count). The smallest absolute Gasteiger partial charge is 0.330 e. The molecule has 2 N–H and O–H groups in total. The van der Waals surface area contributed by atoms with Crippen molar-refractivity contribution in [3.8, 4) is 0 Å². The highest BCUT2D eigenvalue weighted by atomic mass is 16.5. The fourth-order valence-corrected chi connectivity index (χ4v) is 3.55. The summed E-state index contributed by atoms with van der Waals surface area (Å²) in [5, 5.41) is 0. The molecular weight excluding hydrogens is 322 g/mol. The Kier molecular flexibility index (Phi) is 17.0. The van der Waals surface area contributed by atoms with Gasteiger partial charge in [0.1, 0.15) is 0 Å². The molecule has 0 aliphatic carbocycles. The van der Waals surface area contributed by atoms with E-state index < -0.39 is 0 Å². The minimum Gasteiger partial charge on any atom is -0.463 e. The van der Waals surface area contributed by atoms with Gasteiger partial charge in [0, 0.05) is 11.6 Å². The Balaban J connectivity index is 4.13. The van der Waals surface area contributed by atoms with Gasteiger partial charge in [-0.1, -0.05) is 97.5 Å². The van der Waals surface area contributed by atoms with Crippen LogP contribution in [0.25, 0.3) is 0 Å². The first kappa shape index (κ1) is 25.2. The first-order valence-corrected chi connectivity index (χ1v) is 11.2. The molecule has 0 aromatic carbocycles. The third-order valence-electron chi connectivity index (χ3n) is 5.29. The van der Waals surface area contributed by atoms with E-state index in [1.807, 2.05) is 0 Å². The normalized spacial score (nSPS) is 11.5. The molecule has 0 unspecified atom stereocenters. The molecule has 0 aromatic rings. The van der Waals surface area contributed by atoms with Crippen molar-refractivity contribution < 1.29 is 9.53 Å². The van der Waals surface area contributed by atoms with E-state index in [4.69, 9.17) is 10.5 Å². The predicted molar refractivity (Wildman–Crippen MR) is 113 cm³/mol. The Hall–Kier alpha value is -0.830. The van der Waals surface area contributed by atoms with E-state index in [9.17, 15) is 4.79 Å². The number of esters is 1. The molecule has 0 aliphatic rings. The molecule has 0 aliphatic heterocycles. The van der Waals surface area contributed by atoms with E-state index in [-0.39, 0.29) is 11.5 Å². The van der Waals surface area contributed by atoms with Gasteiger partial charge in [-0.3, -0.25) is 0 Å². The van der Waals surface area contributed by atoms with Gasteiger partial charge in [0.15, 0.2) is 0 Å². The van der Waals surface area contributed by atoms with Crippen LogP contribution in [0, 0.1) is 0 Å². The maximum Gasteiger partial charge on any atom is 0.330 e. The summed E-state index contributed by atoms with van der Waals surface area (Å²) in [5.74, 6) is -0.334. The van der Waals surface area contributed by atoms with Crippen molar-refractivity contribution in [2.24, 2.45) is 5.73 Å². The van der Waals surface area contributed by atoms with E-state index in [0.717, 1.165) is 25.7 Å². The average molecular weight is 368 g/mol. The zero-order chi connectivity index (χ0) is 19.5. The molecular formula is C23H45NO2. The molecule has 3 nitrogen and oxygen atoms in total. The van der Waals surface area contributed by atoms with Crippen LogP contribution in [0.1, 0.15) is 117 Å². The Morgan fingerprint density at radius 3 is 1.69 bits per heavy atom. The van der Waals surface area contributed by atoms with Crippen LogP contribution in [0.2, 0.25) is 0 Å². The van der Waals surface area contributed by atoms with Gasteiger partial charge in [0.05, 0.1) is 6.61 Å². The van der Waals surface area contributed by atoms with Crippen molar-refractivity contribution >= 4 is 5.97 Å². The molecule has 0 atom stereocenters. The molecule has 0 heterocycles. The van der Waals surface area contributed by atoms with E-state index in [0.29, 0.717) is 6.61 Å². The second-order valence-corrected chi connectivity index (χ2v) is 7.87. The average Bonchev–Trinajstić information content (AvgIpc) is 2.64. The predicted octanol–water partition coefficient (Wildman–Crippen LogP) is 6.69. The lowest BCUT2D eigenvalue weighted by molar-refractivity contribution is -0.137. The van der Waals surface area contributed by atoms with Crippen LogP contribution >= 0.6 is 0 Å². The van der Waals surface area contributed by atoms with E-state index >= 15 is 0 Å². The van der Waals surface area contributed by atoms with Gasteiger partial charge in [0.2, 0.25) is 0 Å². The fourth-order valence-electron chi connectivity index (χ4n) is 3.55. The SMILES string of the molecule is C=CC(=O)OCCCC(N)(CCCCCCCC)CCCCCCCC. The molecule has 3 heteroatoms. The summed E-state index contributed by atoms with van der Waals surface area (Å²) in [6.45, 7) is 8.40. The van der Waals surface area contributed by atoms with Crippen LogP contribution in [-0.4, -0.2) is 18.1 Å². The second kappa shape index (κ2) is 17.6. The lowest BCUT2D eigenvalue weighted by Crippen LogP contribution is -2.40. The molecule has 0 spiro atoms. The van der Waals surface area contributed by atoms with Gasteiger partial charge in [0.25, 0.3) is 0 Å².